The molecule has 0 aliphatic heterocycles. The van der Waals surface area contributed by atoms with Gasteiger partial charge in [0.2, 0.25) is 0 Å². The first-order valence-electron chi connectivity index (χ1n) is 6.50. The quantitative estimate of drug-likeness (QED) is 0.582. The summed E-state index contributed by atoms with van der Waals surface area (Å²) in [5, 5.41) is 0.434. The van der Waals surface area contributed by atoms with Crippen LogP contribution in [-0.2, 0) is 0 Å². The lowest BCUT2D eigenvalue weighted by atomic mass is 10.00. The number of hydrogen-bond donors (Lipinski definition) is 0. The van der Waals surface area contributed by atoms with Crippen LogP contribution in [0, 0.1) is 25.5 Å². The van der Waals surface area contributed by atoms with E-state index in [1.807, 2.05) is 31.2 Å². The summed E-state index contributed by atoms with van der Waals surface area (Å²) >= 11 is 6.29. The fraction of sp³-hybridized carbons (Fsp3) is 0.118. The lowest BCUT2D eigenvalue weighted by molar-refractivity contribution is 0.591. The molecule has 0 saturated carbocycles. The second-order valence-electron chi connectivity index (χ2n) is 5.00. The summed E-state index contributed by atoms with van der Waals surface area (Å²) in [5.74, 6) is -1.36. The van der Waals surface area contributed by atoms with E-state index in [4.69, 9.17) is 11.6 Å². The number of aryl methyl sites for hydroxylation is 1. The Morgan fingerprint density at radius 1 is 1.05 bits per heavy atom. The smallest absolute Gasteiger partial charge is 0.137 e. The molecule has 0 saturated heterocycles. The number of rotatable bonds is 1. The molecule has 0 fully saturated rings. The molecule has 0 bridgehead atoms. The van der Waals surface area contributed by atoms with E-state index in [2.05, 4.69) is 4.98 Å². The number of pyridine rings is 1. The topological polar surface area (TPSA) is 12.9 Å². The highest BCUT2D eigenvalue weighted by Gasteiger charge is 2.16. The highest BCUT2D eigenvalue weighted by molar-refractivity contribution is 6.36. The maximum atomic E-state index is 13.9. The van der Waals surface area contributed by atoms with Crippen molar-refractivity contribution in [3.63, 3.8) is 0 Å². The Morgan fingerprint density at radius 3 is 2.48 bits per heavy atom. The molecule has 0 spiro atoms. The maximum absolute atomic E-state index is 13.9. The Bertz CT molecular complexity index is 859. The van der Waals surface area contributed by atoms with Crippen LogP contribution in [0.15, 0.2) is 36.4 Å². The predicted molar refractivity (Wildman–Crippen MR) is 81.6 cm³/mol. The molecule has 1 nitrogen and oxygen atoms in total. The van der Waals surface area contributed by atoms with E-state index in [9.17, 15) is 8.78 Å². The van der Waals surface area contributed by atoms with Gasteiger partial charge in [0.05, 0.1) is 21.6 Å². The second kappa shape index (κ2) is 5.08. The van der Waals surface area contributed by atoms with Crippen molar-refractivity contribution in [1.29, 1.82) is 0 Å². The largest absolute Gasteiger partial charge is 0.247 e. The van der Waals surface area contributed by atoms with Crippen LogP contribution >= 0.6 is 11.6 Å². The van der Waals surface area contributed by atoms with Gasteiger partial charge in [0.15, 0.2) is 0 Å². The summed E-state index contributed by atoms with van der Waals surface area (Å²) in [5.41, 5.74) is 3.49. The van der Waals surface area contributed by atoms with Gasteiger partial charge in [-0.05, 0) is 25.0 Å². The van der Waals surface area contributed by atoms with Gasteiger partial charge >= 0.3 is 0 Å². The molecule has 21 heavy (non-hydrogen) atoms. The van der Waals surface area contributed by atoms with Crippen LogP contribution in [0.5, 0.6) is 0 Å². The third-order valence-electron chi connectivity index (χ3n) is 3.57. The molecular weight excluding hydrogens is 292 g/mol. The highest BCUT2D eigenvalue weighted by atomic mass is 35.5. The summed E-state index contributed by atoms with van der Waals surface area (Å²) in [6.45, 7) is 3.75. The first-order valence-corrected chi connectivity index (χ1v) is 6.87. The Labute approximate surface area is 126 Å². The second-order valence-corrected chi connectivity index (χ2v) is 5.37. The summed E-state index contributed by atoms with van der Waals surface area (Å²) in [6, 6.07) is 9.72. The van der Waals surface area contributed by atoms with E-state index in [0.717, 1.165) is 17.2 Å². The number of aromatic nitrogens is 1. The van der Waals surface area contributed by atoms with E-state index >= 15 is 0 Å². The number of benzene rings is 2. The predicted octanol–water partition coefficient (Wildman–Crippen LogP) is 5.45. The molecule has 0 aliphatic rings. The molecule has 3 aromatic rings. The molecule has 4 heteroatoms. The van der Waals surface area contributed by atoms with Crippen LogP contribution < -0.4 is 0 Å². The molecule has 1 heterocycles. The van der Waals surface area contributed by atoms with Gasteiger partial charge in [-0.15, -0.1) is 0 Å². The van der Waals surface area contributed by atoms with Crippen LogP contribution in [0.1, 0.15) is 11.1 Å². The average Bonchev–Trinajstić information content (AvgIpc) is 2.43. The molecule has 3 rings (SSSR count). The Kier molecular flexibility index (Phi) is 3.38. The SMILES string of the molecule is Cc1ccccc1-c1nc2cc(F)cc(F)c2c(Cl)c1C. The third-order valence-corrected chi connectivity index (χ3v) is 4.04. The van der Waals surface area contributed by atoms with E-state index < -0.39 is 11.6 Å². The molecule has 0 aliphatic carbocycles. The fourth-order valence-corrected chi connectivity index (χ4v) is 2.74. The van der Waals surface area contributed by atoms with E-state index in [1.165, 1.54) is 6.07 Å². The van der Waals surface area contributed by atoms with Crippen molar-refractivity contribution in [2.24, 2.45) is 0 Å². The van der Waals surface area contributed by atoms with Gasteiger partial charge in [-0.3, -0.25) is 0 Å². The summed E-state index contributed by atoms with van der Waals surface area (Å²) < 4.78 is 27.4. The van der Waals surface area contributed by atoms with Gasteiger partial charge in [0.25, 0.3) is 0 Å². The van der Waals surface area contributed by atoms with Crippen molar-refractivity contribution < 1.29 is 8.78 Å². The number of fused-ring (bicyclic) bond motifs is 1. The monoisotopic (exact) mass is 303 g/mol. The van der Waals surface area contributed by atoms with Crippen molar-refractivity contribution in [3.8, 4) is 11.3 Å². The van der Waals surface area contributed by atoms with Crippen LogP contribution in [0.2, 0.25) is 5.02 Å². The fourth-order valence-electron chi connectivity index (χ4n) is 2.46. The van der Waals surface area contributed by atoms with Gasteiger partial charge in [0, 0.05) is 17.7 Å². The normalized spacial score (nSPS) is 11.1. The molecule has 1 aromatic heterocycles. The molecule has 0 unspecified atom stereocenters. The number of hydrogen-bond acceptors (Lipinski definition) is 1. The molecule has 0 amide bonds. The van der Waals surface area contributed by atoms with Gasteiger partial charge in [-0.1, -0.05) is 35.9 Å². The summed E-state index contributed by atoms with van der Waals surface area (Å²) in [4.78, 5) is 4.42. The van der Waals surface area contributed by atoms with E-state index in [-0.39, 0.29) is 15.9 Å². The van der Waals surface area contributed by atoms with Crippen LogP contribution in [0.25, 0.3) is 22.2 Å². The van der Waals surface area contributed by atoms with Crippen LogP contribution in [-0.4, -0.2) is 4.98 Å². The van der Waals surface area contributed by atoms with Gasteiger partial charge in [-0.25, -0.2) is 13.8 Å². The Balaban J connectivity index is 2.41. The van der Waals surface area contributed by atoms with Crippen molar-refractivity contribution in [3.05, 3.63) is 64.2 Å². The summed E-state index contributed by atoms with van der Waals surface area (Å²) in [7, 11) is 0. The zero-order valence-corrected chi connectivity index (χ0v) is 12.3. The van der Waals surface area contributed by atoms with E-state index in [0.29, 0.717) is 11.3 Å². The lowest BCUT2D eigenvalue weighted by Gasteiger charge is -2.13. The minimum absolute atomic E-state index is 0.160. The molecule has 0 N–H and O–H groups in total. The minimum atomic E-state index is -0.693. The van der Waals surface area contributed by atoms with Crippen molar-refractivity contribution in [2.45, 2.75) is 13.8 Å². The maximum Gasteiger partial charge on any atom is 0.137 e. The van der Waals surface area contributed by atoms with Crippen molar-refractivity contribution in [1.82, 2.24) is 4.98 Å². The van der Waals surface area contributed by atoms with E-state index in [1.54, 1.807) is 6.92 Å². The van der Waals surface area contributed by atoms with Crippen LogP contribution in [0.3, 0.4) is 0 Å². The average molecular weight is 304 g/mol. The van der Waals surface area contributed by atoms with Crippen molar-refractivity contribution >= 4 is 22.5 Å². The van der Waals surface area contributed by atoms with Gasteiger partial charge < -0.3 is 0 Å². The van der Waals surface area contributed by atoms with Gasteiger partial charge in [-0.2, -0.15) is 0 Å². The van der Waals surface area contributed by atoms with Crippen LogP contribution in [0.4, 0.5) is 8.78 Å². The molecule has 0 atom stereocenters. The molecular formula is C17H12ClF2N. The summed E-state index contributed by atoms with van der Waals surface area (Å²) in [6.07, 6.45) is 0. The Hall–Kier alpha value is -2.00. The number of halogens is 3. The number of nitrogens with zero attached hydrogens (tertiary/aromatic N) is 1. The van der Waals surface area contributed by atoms with Crippen molar-refractivity contribution in [2.75, 3.05) is 0 Å². The first kappa shape index (κ1) is 14.0. The zero-order chi connectivity index (χ0) is 15.1. The molecule has 2 aromatic carbocycles. The minimum Gasteiger partial charge on any atom is -0.247 e. The molecule has 106 valence electrons. The lowest BCUT2D eigenvalue weighted by Crippen LogP contribution is -1.96. The third kappa shape index (κ3) is 2.28. The molecule has 0 radical (unpaired) electrons. The van der Waals surface area contributed by atoms with Gasteiger partial charge in [0.1, 0.15) is 11.6 Å². The zero-order valence-electron chi connectivity index (χ0n) is 11.5. The standard InChI is InChI=1S/C17H12ClF2N/c1-9-5-3-4-6-12(9)17-10(2)16(18)15-13(20)7-11(19)8-14(15)21-17/h3-8H,1-2H3. The highest BCUT2D eigenvalue weighted by Crippen LogP contribution is 2.35. The Morgan fingerprint density at radius 2 is 1.76 bits per heavy atom. The first-order chi connectivity index (χ1) is 9.99.